The van der Waals surface area contributed by atoms with Crippen LogP contribution in [0.25, 0.3) is 0 Å². The highest BCUT2D eigenvalue weighted by Gasteiger charge is 2.31. The number of nitrogens with zero attached hydrogens (tertiary/aromatic N) is 3. The van der Waals surface area contributed by atoms with Gasteiger partial charge in [-0.1, -0.05) is 29.3 Å². The summed E-state index contributed by atoms with van der Waals surface area (Å²) >= 11 is 12.0. The number of ether oxygens (including phenoxy) is 3. The molecule has 1 aliphatic rings. The van der Waals surface area contributed by atoms with Crippen molar-refractivity contribution in [1.29, 1.82) is 0 Å². The minimum Gasteiger partial charge on any atom is -0.493 e. The first-order valence-corrected chi connectivity index (χ1v) is 12.5. The highest BCUT2D eigenvalue weighted by atomic mass is 35.5. The van der Waals surface area contributed by atoms with Crippen LogP contribution in [0.4, 0.5) is 0 Å². The minimum atomic E-state index is -0.884. The molecule has 0 unspecified atom stereocenters. The van der Waals surface area contributed by atoms with Crippen molar-refractivity contribution < 1.29 is 19.3 Å². The molecule has 0 spiro atoms. The molecule has 3 aromatic rings. The molecule has 4 rings (SSSR count). The molecule has 0 bridgehead atoms. The molecule has 1 N–H and O–H groups in total. The second-order valence-electron chi connectivity index (χ2n) is 8.82. The van der Waals surface area contributed by atoms with Crippen molar-refractivity contribution >= 4 is 23.2 Å². The predicted octanol–water partition coefficient (Wildman–Crippen LogP) is 5.07. The van der Waals surface area contributed by atoms with Crippen LogP contribution in [0.15, 0.2) is 54.9 Å². The average Bonchev–Trinajstić information content (AvgIpc) is 3.30. The molecular formula is C26H31Cl2N3O4. The Morgan fingerprint density at radius 3 is 2.69 bits per heavy atom. The summed E-state index contributed by atoms with van der Waals surface area (Å²) in [5.74, 6) is 2.03. The third-order valence-corrected chi connectivity index (χ3v) is 6.92. The first-order valence-electron chi connectivity index (χ1n) is 11.7. The molecule has 9 heteroatoms. The van der Waals surface area contributed by atoms with E-state index in [1.807, 2.05) is 29.1 Å². The van der Waals surface area contributed by atoms with Gasteiger partial charge in [0.15, 0.2) is 11.5 Å². The van der Waals surface area contributed by atoms with E-state index in [1.54, 1.807) is 31.5 Å². The number of benzene rings is 2. The van der Waals surface area contributed by atoms with Crippen LogP contribution >= 0.6 is 23.2 Å². The van der Waals surface area contributed by atoms with Crippen LogP contribution in [0.3, 0.4) is 0 Å². The molecule has 0 amide bonds. The molecule has 7 nitrogen and oxygen atoms in total. The predicted molar refractivity (Wildman–Crippen MR) is 137 cm³/mol. The van der Waals surface area contributed by atoms with Crippen molar-refractivity contribution in [2.45, 2.75) is 38.0 Å². The fraction of sp³-hybridized carbons (Fsp3) is 0.423. The van der Waals surface area contributed by atoms with Crippen molar-refractivity contribution in [2.75, 3.05) is 33.4 Å². The smallest absolute Gasteiger partial charge is 0.161 e. The Morgan fingerprint density at radius 2 is 1.91 bits per heavy atom. The Morgan fingerprint density at radius 1 is 1.03 bits per heavy atom. The summed E-state index contributed by atoms with van der Waals surface area (Å²) in [7, 11) is 1.65. The van der Waals surface area contributed by atoms with Crippen LogP contribution in [0.5, 0.6) is 17.2 Å². The lowest BCUT2D eigenvalue weighted by atomic mass is 9.96. The van der Waals surface area contributed by atoms with E-state index in [-0.39, 0.29) is 6.61 Å². The van der Waals surface area contributed by atoms with Crippen molar-refractivity contribution in [1.82, 2.24) is 14.7 Å². The zero-order valence-corrected chi connectivity index (χ0v) is 21.3. The highest BCUT2D eigenvalue weighted by molar-refractivity contribution is 6.42. The van der Waals surface area contributed by atoms with Crippen molar-refractivity contribution in [3.8, 4) is 17.2 Å². The SMILES string of the molecule is COc1cc(CN2CCC[C@](O)(COc3ccc(Cl)c(Cl)c3)CC2)ccc1OCCn1cccn1. The number of hydrogen-bond donors (Lipinski definition) is 1. The van der Waals surface area contributed by atoms with Crippen molar-refractivity contribution in [3.05, 3.63) is 70.5 Å². The summed E-state index contributed by atoms with van der Waals surface area (Å²) in [5, 5.41) is 16.2. The normalized spacial score (nSPS) is 18.7. The van der Waals surface area contributed by atoms with Crippen LogP contribution in [-0.2, 0) is 13.1 Å². The summed E-state index contributed by atoms with van der Waals surface area (Å²) in [4.78, 5) is 2.35. The van der Waals surface area contributed by atoms with Gasteiger partial charge in [-0.2, -0.15) is 5.10 Å². The molecule has 2 aromatic carbocycles. The molecular weight excluding hydrogens is 489 g/mol. The fourth-order valence-corrected chi connectivity index (χ4v) is 4.48. The third kappa shape index (κ3) is 7.27. The molecule has 1 aromatic heterocycles. The summed E-state index contributed by atoms with van der Waals surface area (Å²) in [5.41, 5.74) is 0.254. The third-order valence-electron chi connectivity index (χ3n) is 6.18. The summed E-state index contributed by atoms with van der Waals surface area (Å²) in [6.45, 7) is 3.84. The van der Waals surface area contributed by atoms with Gasteiger partial charge in [-0.3, -0.25) is 9.58 Å². The molecule has 1 saturated heterocycles. The first kappa shape index (κ1) is 25.6. The van der Waals surface area contributed by atoms with E-state index in [4.69, 9.17) is 37.4 Å². The maximum Gasteiger partial charge on any atom is 0.161 e. The lowest BCUT2D eigenvalue weighted by molar-refractivity contribution is -0.0168. The van der Waals surface area contributed by atoms with Gasteiger partial charge in [0.2, 0.25) is 0 Å². The number of methoxy groups -OCH3 is 1. The maximum absolute atomic E-state index is 11.1. The van der Waals surface area contributed by atoms with E-state index >= 15 is 0 Å². The topological polar surface area (TPSA) is 69.0 Å². The molecule has 35 heavy (non-hydrogen) atoms. The van der Waals surface area contributed by atoms with Crippen LogP contribution in [0.1, 0.15) is 24.8 Å². The molecule has 1 fully saturated rings. The zero-order chi connectivity index (χ0) is 24.7. The zero-order valence-electron chi connectivity index (χ0n) is 19.8. The Kier molecular flexibility index (Phi) is 8.78. The fourth-order valence-electron chi connectivity index (χ4n) is 4.19. The number of hydrogen-bond acceptors (Lipinski definition) is 6. The van der Waals surface area contributed by atoms with Gasteiger partial charge < -0.3 is 19.3 Å². The molecule has 2 heterocycles. The van der Waals surface area contributed by atoms with Crippen LogP contribution in [0, 0.1) is 0 Å². The molecule has 188 valence electrons. The lowest BCUT2D eigenvalue weighted by Crippen LogP contribution is -2.37. The van der Waals surface area contributed by atoms with E-state index in [0.717, 1.165) is 31.6 Å². The van der Waals surface area contributed by atoms with Gasteiger partial charge in [-0.15, -0.1) is 0 Å². The Balaban J connectivity index is 1.29. The van der Waals surface area contributed by atoms with Gasteiger partial charge in [-0.25, -0.2) is 0 Å². The van der Waals surface area contributed by atoms with Gasteiger partial charge in [0.05, 0.1) is 29.3 Å². The number of halogens is 2. The number of rotatable bonds is 10. The molecule has 0 aliphatic carbocycles. The van der Waals surface area contributed by atoms with Gasteiger partial charge in [0, 0.05) is 31.5 Å². The van der Waals surface area contributed by atoms with E-state index in [9.17, 15) is 5.11 Å². The van der Waals surface area contributed by atoms with Gasteiger partial charge in [-0.05, 0) is 61.7 Å². The largest absolute Gasteiger partial charge is 0.493 e. The van der Waals surface area contributed by atoms with E-state index in [2.05, 4.69) is 16.1 Å². The van der Waals surface area contributed by atoms with E-state index < -0.39 is 5.60 Å². The average molecular weight is 520 g/mol. The van der Waals surface area contributed by atoms with Crippen LogP contribution < -0.4 is 14.2 Å². The summed E-state index contributed by atoms with van der Waals surface area (Å²) in [6, 6.07) is 13.1. The van der Waals surface area contributed by atoms with Gasteiger partial charge >= 0.3 is 0 Å². The number of aliphatic hydroxyl groups is 1. The first-order chi connectivity index (χ1) is 16.9. The molecule has 0 saturated carbocycles. The summed E-state index contributed by atoms with van der Waals surface area (Å²) in [6.07, 6.45) is 5.84. The number of likely N-dealkylation sites (tertiary alicyclic amines) is 1. The second-order valence-corrected chi connectivity index (χ2v) is 9.64. The molecule has 1 aliphatic heterocycles. The van der Waals surface area contributed by atoms with Crippen molar-refractivity contribution in [2.24, 2.45) is 0 Å². The lowest BCUT2D eigenvalue weighted by Gasteiger charge is -2.27. The van der Waals surface area contributed by atoms with Crippen molar-refractivity contribution in [3.63, 3.8) is 0 Å². The molecule has 0 radical (unpaired) electrons. The molecule has 1 atom stereocenters. The Labute approximate surface area is 216 Å². The van der Waals surface area contributed by atoms with Gasteiger partial charge in [0.25, 0.3) is 0 Å². The highest BCUT2D eigenvalue weighted by Crippen LogP contribution is 2.31. The second kappa shape index (κ2) is 12.0. The maximum atomic E-state index is 11.1. The van der Waals surface area contributed by atoms with Crippen LogP contribution in [-0.4, -0.2) is 58.8 Å². The van der Waals surface area contributed by atoms with Gasteiger partial charge in [0.1, 0.15) is 19.0 Å². The minimum absolute atomic E-state index is 0.219. The quantitative estimate of drug-likeness (QED) is 0.403. The monoisotopic (exact) mass is 519 g/mol. The Bertz CT molecular complexity index is 1100. The standard InChI is InChI=1S/C26H31Cl2N3O4/c1-33-25-16-20(4-7-24(25)34-15-14-31-12-3-10-29-31)18-30-11-2-8-26(32,9-13-30)19-35-21-5-6-22(27)23(28)17-21/h3-7,10,12,16-17,32H,2,8-9,11,13-15,18-19H2,1H3/t26-/m1/s1. The summed E-state index contributed by atoms with van der Waals surface area (Å²) < 4.78 is 19.2. The van der Waals surface area contributed by atoms with E-state index in [1.165, 1.54) is 0 Å². The van der Waals surface area contributed by atoms with Crippen LogP contribution in [0.2, 0.25) is 10.0 Å². The Hall–Kier alpha value is -2.45. The number of aromatic nitrogens is 2. The van der Waals surface area contributed by atoms with E-state index in [0.29, 0.717) is 53.3 Å².